The van der Waals surface area contributed by atoms with E-state index in [4.69, 9.17) is 15.2 Å². The normalized spacial score (nSPS) is 18.2. The first-order valence-corrected chi connectivity index (χ1v) is 13.6. The second kappa shape index (κ2) is 10.8. The van der Waals surface area contributed by atoms with Crippen molar-refractivity contribution in [2.24, 2.45) is 11.1 Å². The first-order chi connectivity index (χ1) is 19.5. The molecule has 1 atom stereocenters. The lowest BCUT2D eigenvalue weighted by atomic mass is 9.68. The molecule has 3 aromatic carbocycles. The smallest absolute Gasteiger partial charge is 0.162 e. The van der Waals surface area contributed by atoms with Crippen LogP contribution in [0.2, 0.25) is 0 Å². The number of benzene rings is 3. The molecule has 0 bridgehead atoms. The number of hydrogen-bond donors (Lipinski definition) is 1. The number of halogens is 1. The summed E-state index contributed by atoms with van der Waals surface area (Å²) in [6.07, 6.45) is 0.834. The lowest BCUT2D eigenvalue weighted by Crippen LogP contribution is -2.42. The van der Waals surface area contributed by atoms with E-state index < -0.39 is 11.7 Å². The fraction of sp³-hybridized carbons (Fsp3) is 0.294. The highest BCUT2D eigenvalue weighted by atomic mass is 19.1. The Balaban J connectivity index is 1.64. The van der Waals surface area contributed by atoms with Crippen molar-refractivity contribution in [1.29, 1.82) is 5.26 Å². The summed E-state index contributed by atoms with van der Waals surface area (Å²) in [5, 5.41) is 10.4. The molecule has 2 aliphatic rings. The molecule has 1 heterocycles. The summed E-state index contributed by atoms with van der Waals surface area (Å²) >= 11 is 0. The van der Waals surface area contributed by atoms with Crippen LogP contribution in [0.4, 0.5) is 10.1 Å². The number of nitrogens with zero attached hydrogens (tertiary/aromatic N) is 2. The van der Waals surface area contributed by atoms with Gasteiger partial charge in [-0.25, -0.2) is 4.39 Å². The number of allylic oxidation sites excluding steroid dienone is 3. The van der Waals surface area contributed by atoms with Gasteiger partial charge in [0.05, 0.1) is 30.4 Å². The first-order valence-electron chi connectivity index (χ1n) is 13.6. The fourth-order valence-electron chi connectivity index (χ4n) is 5.94. The number of ether oxygens (including phenoxy) is 2. The molecule has 0 aromatic heterocycles. The number of carbonyl (C=O) groups is 1. The summed E-state index contributed by atoms with van der Waals surface area (Å²) in [6.45, 7) is 8.33. The molecule has 7 heteroatoms. The van der Waals surface area contributed by atoms with Crippen molar-refractivity contribution in [2.75, 3.05) is 12.0 Å². The predicted molar refractivity (Wildman–Crippen MR) is 157 cm³/mol. The Labute approximate surface area is 240 Å². The maximum Gasteiger partial charge on any atom is 0.162 e. The summed E-state index contributed by atoms with van der Waals surface area (Å²) < 4.78 is 26.5. The second-order valence-electron chi connectivity index (χ2n) is 11.5. The van der Waals surface area contributed by atoms with E-state index in [1.54, 1.807) is 30.2 Å². The van der Waals surface area contributed by atoms with Crippen LogP contribution in [0.5, 0.6) is 11.5 Å². The van der Waals surface area contributed by atoms with Crippen molar-refractivity contribution >= 4 is 11.5 Å². The lowest BCUT2D eigenvalue weighted by molar-refractivity contribution is -0.118. The van der Waals surface area contributed by atoms with Gasteiger partial charge >= 0.3 is 0 Å². The van der Waals surface area contributed by atoms with Gasteiger partial charge < -0.3 is 15.2 Å². The molecule has 41 heavy (non-hydrogen) atoms. The number of methoxy groups -OCH3 is 1. The van der Waals surface area contributed by atoms with Crippen LogP contribution < -0.4 is 20.1 Å². The number of rotatable bonds is 6. The zero-order chi connectivity index (χ0) is 29.5. The minimum Gasteiger partial charge on any atom is -0.497 e. The molecule has 0 radical (unpaired) electrons. The Hall–Kier alpha value is -4.57. The Kier molecular flexibility index (Phi) is 7.35. The maximum absolute atomic E-state index is 15.1. The Bertz CT molecular complexity index is 1630. The van der Waals surface area contributed by atoms with Crippen LogP contribution in [-0.2, 0) is 11.4 Å². The van der Waals surface area contributed by atoms with E-state index in [1.165, 1.54) is 6.07 Å². The molecule has 0 amide bonds. The van der Waals surface area contributed by atoms with Gasteiger partial charge in [-0.1, -0.05) is 38.1 Å². The van der Waals surface area contributed by atoms with E-state index in [0.29, 0.717) is 36.5 Å². The maximum atomic E-state index is 15.1. The molecular weight excluding hydrogens is 517 g/mol. The molecular formula is C34H34FN3O3. The molecule has 6 nitrogen and oxygen atoms in total. The molecule has 2 N–H and O–H groups in total. The second-order valence-corrected chi connectivity index (χ2v) is 11.5. The largest absolute Gasteiger partial charge is 0.497 e. The van der Waals surface area contributed by atoms with Crippen molar-refractivity contribution < 1.29 is 18.7 Å². The van der Waals surface area contributed by atoms with Crippen LogP contribution in [0.1, 0.15) is 54.9 Å². The zero-order valence-electron chi connectivity index (χ0n) is 24.0. The van der Waals surface area contributed by atoms with Crippen LogP contribution in [0.3, 0.4) is 0 Å². The van der Waals surface area contributed by atoms with Gasteiger partial charge in [0, 0.05) is 17.7 Å². The monoisotopic (exact) mass is 551 g/mol. The van der Waals surface area contributed by atoms with Gasteiger partial charge in [-0.05, 0) is 84.3 Å². The average molecular weight is 552 g/mol. The first kappa shape index (κ1) is 28.0. The van der Waals surface area contributed by atoms with Crippen LogP contribution in [0.25, 0.3) is 0 Å². The SMILES string of the molecule is COc1ccc(OCc2cc(C3C(C#N)=C(N)N(c4ccccc4F)C4=C3C(=O)CC(C)(C)C4)c(C)cc2C)cc1. The van der Waals surface area contributed by atoms with Crippen molar-refractivity contribution in [1.82, 2.24) is 0 Å². The highest BCUT2D eigenvalue weighted by Gasteiger charge is 2.45. The van der Waals surface area contributed by atoms with E-state index in [9.17, 15) is 10.1 Å². The Morgan fingerprint density at radius 1 is 1.05 bits per heavy atom. The van der Waals surface area contributed by atoms with E-state index in [0.717, 1.165) is 28.0 Å². The van der Waals surface area contributed by atoms with Crippen LogP contribution in [0.15, 0.2) is 83.3 Å². The third kappa shape index (κ3) is 5.18. The Morgan fingerprint density at radius 2 is 1.73 bits per heavy atom. The van der Waals surface area contributed by atoms with E-state index in [-0.39, 0.29) is 28.3 Å². The number of nitriles is 1. The summed E-state index contributed by atoms with van der Waals surface area (Å²) in [5.41, 5.74) is 11.7. The topological polar surface area (TPSA) is 88.6 Å². The van der Waals surface area contributed by atoms with Crippen molar-refractivity contribution in [2.45, 2.75) is 53.1 Å². The van der Waals surface area contributed by atoms with Gasteiger partial charge in [-0.2, -0.15) is 5.26 Å². The molecule has 0 fully saturated rings. The quantitative estimate of drug-likeness (QED) is 0.356. The molecule has 1 aliphatic carbocycles. The predicted octanol–water partition coefficient (Wildman–Crippen LogP) is 6.97. The van der Waals surface area contributed by atoms with E-state index >= 15 is 4.39 Å². The third-order valence-corrected chi connectivity index (χ3v) is 7.96. The van der Waals surface area contributed by atoms with Gasteiger partial charge in [-0.3, -0.25) is 9.69 Å². The number of ketones is 1. The standard InChI is InChI=1S/C34H34FN3O3/c1-20-14-21(2)25(15-22(20)19-41-24-12-10-23(40-5)11-13-24)31-26(18-36)33(37)38(28-9-7-6-8-27(28)35)29-16-34(3,4)17-30(39)32(29)31/h6-15,31H,16-17,19,37H2,1-5H3. The molecule has 5 rings (SSSR count). The molecule has 0 spiro atoms. The van der Waals surface area contributed by atoms with Gasteiger partial charge in [-0.15, -0.1) is 0 Å². The summed E-state index contributed by atoms with van der Waals surface area (Å²) in [6, 6.07) is 20.0. The summed E-state index contributed by atoms with van der Waals surface area (Å²) in [7, 11) is 1.61. The average Bonchev–Trinajstić information content (AvgIpc) is 2.92. The van der Waals surface area contributed by atoms with Crippen molar-refractivity contribution in [3.8, 4) is 17.6 Å². The van der Waals surface area contributed by atoms with Crippen molar-refractivity contribution in [3.63, 3.8) is 0 Å². The van der Waals surface area contributed by atoms with Crippen molar-refractivity contribution in [3.05, 3.63) is 111 Å². The highest BCUT2D eigenvalue weighted by Crippen LogP contribution is 2.51. The number of carbonyl (C=O) groups excluding carboxylic acids is 1. The third-order valence-electron chi connectivity index (χ3n) is 7.96. The Morgan fingerprint density at radius 3 is 2.39 bits per heavy atom. The lowest BCUT2D eigenvalue weighted by Gasteiger charge is -2.44. The van der Waals surface area contributed by atoms with E-state index in [2.05, 4.69) is 6.07 Å². The molecule has 0 saturated heterocycles. The minimum atomic E-state index is -0.665. The molecule has 1 aliphatic heterocycles. The highest BCUT2D eigenvalue weighted by molar-refractivity contribution is 6.01. The molecule has 3 aromatic rings. The van der Waals surface area contributed by atoms with Gasteiger partial charge in [0.1, 0.15) is 29.7 Å². The zero-order valence-corrected chi connectivity index (χ0v) is 24.0. The minimum absolute atomic E-state index is 0.0566. The van der Waals surface area contributed by atoms with Crippen LogP contribution in [0, 0.1) is 36.4 Å². The van der Waals surface area contributed by atoms with E-state index in [1.807, 2.05) is 64.1 Å². The number of para-hydroxylation sites is 1. The fourth-order valence-corrected chi connectivity index (χ4v) is 5.94. The number of anilines is 1. The van der Waals surface area contributed by atoms with Crippen LogP contribution >= 0.6 is 0 Å². The number of nitrogens with two attached hydrogens (primary N) is 1. The van der Waals surface area contributed by atoms with Gasteiger partial charge in [0.15, 0.2) is 5.78 Å². The summed E-state index contributed by atoms with van der Waals surface area (Å²) in [4.78, 5) is 15.5. The number of aryl methyl sites for hydroxylation is 2. The summed E-state index contributed by atoms with van der Waals surface area (Å²) in [5.74, 6) is 0.384. The molecule has 0 saturated carbocycles. The van der Waals surface area contributed by atoms with Gasteiger partial charge in [0.25, 0.3) is 0 Å². The van der Waals surface area contributed by atoms with Gasteiger partial charge in [0.2, 0.25) is 0 Å². The van der Waals surface area contributed by atoms with Crippen LogP contribution in [-0.4, -0.2) is 12.9 Å². The number of hydrogen-bond acceptors (Lipinski definition) is 6. The molecule has 210 valence electrons. The number of Topliss-reactive ketones (excluding diaryl/α,β-unsaturated/α-hetero) is 1. The molecule has 1 unspecified atom stereocenters.